The van der Waals surface area contributed by atoms with E-state index < -0.39 is 10.0 Å². The van der Waals surface area contributed by atoms with Gasteiger partial charge in [0.1, 0.15) is 4.90 Å². The van der Waals surface area contributed by atoms with Crippen molar-refractivity contribution in [2.75, 3.05) is 19.6 Å². The lowest BCUT2D eigenvalue weighted by atomic mass is 10.1. The van der Waals surface area contributed by atoms with Crippen LogP contribution in [0.25, 0.3) is 0 Å². The van der Waals surface area contributed by atoms with E-state index in [4.69, 9.17) is 0 Å². The number of nitrogens with zero attached hydrogens (tertiary/aromatic N) is 3. The van der Waals surface area contributed by atoms with Crippen molar-refractivity contribution in [3.8, 4) is 0 Å². The molecule has 7 heteroatoms. The van der Waals surface area contributed by atoms with Crippen LogP contribution in [-0.2, 0) is 10.0 Å². The van der Waals surface area contributed by atoms with Gasteiger partial charge in [0, 0.05) is 25.2 Å². The van der Waals surface area contributed by atoms with Crippen LogP contribution in [0.15, 0.2) is 4.90 Å². The van der Waals surface area contributed by atoms with Gasteiger partial charge in [-0.05, 0) is 59.4 Å². The molecule has 2 heterocycles. The van der Waals surface area contributed by atoms with E-state index in [1.54, 1.807) is 11.6 Å². The first-order valence-corrected chi connectivity index (χ1v) is 10.1. The maximum absolute atomic E-state index is 12.7. The molecule has 1 aromatic heterocycles. The summed E-state index contributed by atoms with van der Waals surface area (Å²) in [4.78, 5) is 2.86. The summed E-state index contributed by atoms with van der Waals surface area (Å²) in [6.07, 6.45) is 3.71. The third-order valence-corrected chi connectivity index (χ3v) is 6.63. The number of rotatable bonds is 6. The molecule has 3 rings (SSSR count). The van der Waals surface area contributed by atoms with E-state index in [0.29, 0.717) is 23.1 Å². The maximum atomic E-state index is 12.7. The number of aromatic nitrogens is 2. The molecule has 130 valence electrons. The topological polar surface area (TPSA) is 67.2 Å². The van der Waals surface area contributed by atoms with E-state index in [-0.39, 0.29) is 6.04 Å². The van der Waals surface area contributed by atoms with Gasteiger partial charge in [-0.25, -0.2) is 13.1 Å². The van der Waals surface area contributed by atoms with Crippen LogP contribution in [0.5, 0.6) is 0 Å². The standard InChI is InChI=1S/C16H28N4O2S/c1-11(2)20-13(4)16(12(3)18-20)23(21,22)17-9-14-7-8-19(10-14)15-5-6-15/h11,14-15,17H,5-10H2,1-4H3/t14-/m0/s1. The SMILES string of the molecule is Cc1nn(C(C)C)c(C)c1S(=O)(=O)NC[C@@H]1CCN(C2CC2)C1. The molecule has 1 saturated heterocycles. The molecule has 1 aliphatic heterocycles. The minimum Gasteiger partial charge on any atom is -0.300 e. The Morgan fingerprint density at radius 3 is 2.52 bits per heavy atom. The van der Waals surface area contributed by atoms with Crippen LogP contribution in [-0.4, -0.2) is 48.8 Å². The summed E-state index contributed by atoms with van der Waals surface area (Å²) in [5, 5.41) is 4.39. The molecule has 0 unspecified atom stereocenters. The summed E-state index contributed by atoms with van der Waals surface area (Å²) in [5.41, 5.74) is 1.30. The summed E-state index contributed by atoms with van der Waals surface area (Å²) < 4.78 is 30.0. The number of sulfonamides is 1. The first-order valence-electron chi connectivity index (χ1n) is 8.59. The molecule has 1 atom stereocenters. The monoisotopic (exact) mass is 340 g/mol. The molecular formula is C16H28N4O2S. The Morgan fingerprint density at radius 2 is 1.96 bits per heavy atom. The van der Waals surface area contributed by atoms with Crippen molar-refractivity contribution in [1.29, 1.82) is 0 Å². The largest absolute Gasteiger partial charge is 0.300 e. The fourth-order valence-electron chi connectivity index (χ4n) is 3.64. The molecule has 0 bridgehead atoms. The van der Waals surface area contributed by atoms with E-state index in [1.165, 1.54) is 12.8 Å². The van der Waals surface area contributed by atoms with Crippen LogP contribution < -0.4 is 4.72 Å². The van der Waals surface area contributed by atoms with Crippen molar-refractivity contribution in [2.45, 2.75) is 63.9 Å². The normalized spacial score (nSPS) is 23.1. The van der Waals surface area contributed by atoms with Gasteiger partial charge in [0.2, 0.25) is 10.0 Å². The first kappa shape index (κ1) is 16.9. The van der Waals surface area contributed by atoms with Crippen molar-refractivity contribution in [2.24, 2.45) is 5.92 Å². The summed E-state index contributed by atoms with van der Waals surface area (Å²) in [6.45, 7) is 10.3. The van der Waals surface area contributed by atoms with E-state index in [1.807, 2.05) is 20.8 Å². The van der Waals surface area contributed by atoms with Crippen LogP contribution in [0, 0.1) is 19.8 Å². The molecule has 0 spiro atoms. The molecule has 1 aliphatic carbocycles. The van der Waals surface area contributed by atoms with Crippen molar-refractivity contribution >= 4 is 10.0 Å². The lowest BCUT2D eigenvalue weighted by Gasteiger charge is -2.15. The predicted octanol–water partition coefficient (Wildman–Crippen LogP) is 1.84. The number of hydrogen-bond donors (Lipinski definition) is 1. The molecule has 0 radical (unpaired) electrons. The average molecular weight is 340 g/mol. The van der Waals surface area contributed by atoms with E-state index in [2.05, 4.69) is 14.7 Å². The van der Waals surface area contributed by atoms with Gasteiger partial charge in [0.15, 0.2) is 0 Å². The molecule has 1 N–H and O–H groups in total. The number of hydrogen-bond acceptors (Lipinski definition) is 4. The van der Waals surface area contributed by atoms with Gasteiger partial charge in [0.05, 0.1) is 11.4 Å². The minimum absolute atomic E-state index is 0.152. The second-order valence-corrected chi connectivity index (χ2v) is 8.97. The quantitative estimate of drug-likeness (QED) is 0.858. The minimum atomic E-state index is -3.50. The lowest BCUT2D eigenvalue weighted by molar-refractivity contribution is 0.314. The summed E-state index contributed by atoms with van der Waals surface area (Å²) in [6, 6.07) is 0.921. The van der Waals surface area contributed by atoms with Crippen LogP contribution in [0.3, 0.4) is 0 Å². The van der Waals surface area contributed by atoms with Crippen LogP contribution in [0.1, 0.15) is 50.5 Å². The fourth-order valence-corrected chi connectivity index (χ4v) is 5.15. The summed E-state index contributed by atoms with van der Waals surface area (Å²) in [5.74, 6) is 0.422. The average Bonchev–Trinajstić information content (AvgIpc) is 3.12. The Bertz CT molecular complexity index is 676. The molecular weight excluding hydrogens is 312 g/mol. The zero-order valence-electron chi connectivity index (χ0n) is 14.5. The highest BCUT2D eigenvalue weighted by molar-refractivity contribution is 7.89. The molecule has 1 saturated carbocycles. The van der Waals surface area contributed by atoms with E-state index >= 15 is 0 Å². The first-order chi connectivity index (χ1) is 10.8. The third-order valence-electron chi connectivity index (χ3n) is 4.96. The highest BCUT2D eigenvalue weighted by Gasteiger charge is 2.35. The van der Waals surface area contributed by atoms with E-state index in [9.17, 15) is 8.42 Å². The van der Waals surface area contributed by atoms with E-state index in [0.717, 1.165) is 31.2 Å². The molecule has 0 amide bonds. The summed E-state index contributed by atoms with van der Waals surface area (Å²) >= 11 is 0. The predicted molar refractivity (Wildman–Crippen MR) is 90.0 cm³/mol. The number of likely N-dealkylation sites (tertiary alicyclic amines) is 1. The number of aryl methyl sites for hydroxylation is 1. The highest BCUT2D eigenvalue weighted by atomic mass is 32.2. The Kier molecular flexibility index (Phi) is 4.55. The zero-order valence-corrected chi connectivity index (χ0v) is 15.4. The highest BCUT2D eigenvalue weighted by Crippen LogP contribution is 2.31. The van der Waals surface area contributed by atoms with Crippen LogP contribution >= 0.6 is 0 Å². The Morgan fingerprint density at radius 1 is 1.26 bits per heavy atom. The molecule has 2 aliphatic rings. The zero-order chi connectivity index (χ0) is 16.8. The Labute approximate surface area is 139 Å². The summed E-state index contributed by atoms with van der Waals surface area (Å²) in [7, 11) is -3.50. The van der Waals surface area contributed by atoms with Crippen molar-refractivity contribution in [3.05, 3.63) is 11.4 Å². The van der Waals surface area contributed by atoms with Crippen molar-refractivity contribution in [1.82, 2.24) is 19.4 Å². The maximum Gasteiger partial charge on any atom is 0.244 e. The molecule has 0 aromatic carbocycles. The van der Waals surface area contributed by atoms with Gasteiger partial charge in [0.25, 0.3) is 0 Å². The van der Waals surface area contributed by atoms with Gasteiger partial charge >= 0.3 is 0 Å². The molecule has 6 nitrogen and oxygen atoms in total. The van der Waals surface area contributed by atoms with Crippen LogP contribution in [0.4, 0.5) is 0 Å². The Balaban J connectivity index is 1.67. The fraction of sp³-hybridized carbons (Fsp3) is 0.812. The van der Waals surface area contributed by atoms with Gasteiger partial charge in [-0.3, -0.25) is 4.68 Å². The number of nitrogens with one attached hydrogen (secondary N) is 1. The molecule has 1 aromatic rings. The smallest absolute Gasteiger partial charge is 0.244 e. The van der Waals surface area contributed by atoms with Gasteiger partial charge in [-0.1, -0.05) is 0 Å². The lowest BCUT2D eigenvalue weighted by Crippen LogP contribution is -2.32. The molecule has 2 fully saturated rings. The molecule has 23 heavy (non-hydrogen) atoms. The van der Waals surface area contributed by atoms with Crippen molar-refractivity contribution in [3.63, 3.8) is 0 Å². The van der Waals surface area contributed by atoms with Gasteiger partial charge < -0.3 is 4.90 Å². The van der Waals surface area contributed by atoms with Gasteiger partial charge in [-0.2, -0.15) is 5.10 Å². The van der Waals surface area contributed by atoms with Crippen LogP contribution in [0.2, 0.25) is 0 Å². The second-order valence-electron chi connectivity index (χ2n) is 7.27. The van der Waals surface area contributed by atoms with Gasteiger partial charge in [-0.15, -0.1) is 0 Å². The third kappa shape index (κ3) is 3.46. The van der Waals surface area contributed by atoms with Crippen molar-refractivity contribution < 1.29 is 8.42 Å². The Hall–Kier alpha value is -0.920. The second kappa shape index (κ2) is 6.18.